The molecule has 0 aromatic rings. The Hall–Kier alpha value is -0.0800. The molecule has 88 valence electrons. The van der Waals surface area contributed by atoms with Gasteiger partial charge in [0.2, 0.25) is 0 Å². The Balaban J connectivity index is 1.81. The van der Waals surface area contributed by atoms with Gasteiger partial charge >= 0.3 is 0 Å². The largest absolute Gasteiger partial charge is 0.312 e. The van der Waals surface area contributed by atoms with E-state index in [1.807, 2.05) is 0 Å². The third-order valence-electron chi connectivity index (χ3n) is 4.04. The van der Waals surface area contributed by atoms with E-state index in [1.54, 1.807) is 0 Å². The maximum atomic E-state index is 3.64. The van der Waals surface area contributed by atoms with Crippen molar-refractivity contribution in [3.05, 3.63) is 0 Å². The minimum atomic E-state index is 0.709. The van der Waals surface area contributed by atoms with Gasteiger partial charge in [0.25, 0.3) is 0 Å². The van der Waals surface area contributed by atoms with Crippen LogP contribution in [0.5, 0.6) is 0 Å². The average molecular weight is 210 g/mol. The summed E-state index contributed by atoms with van der Waals surface area (Å²) in [6, 6.07) is 1.45. The predicted molar refractivity (Wildman–Crippen MR) is 65.0 cm³/mol. The first-order valence-electron chi connectivity index (χ1n) is 6.64. The minimum absolute atomic E-state index is 0.709. The van der Waals surface area contributed by atoms with Crippen molar-refractivity contribution in [1.29, 1.82) is 0 Å². The number of rotatable bonds is 5. The van der Waals surface area contributed by atoms with Crippen LogP contribution in [-0.2, 0) is 0 Å². The summed E-state index contributed by atoms with van der Waals surface area (Å²) < 4.78 is 0. The first kappa shape index (κ1) is 11.4. The Morgan fingerprint density at radius 2 is 1.93 bits per heavy atom. The van der Waals surface area contributed by atoms with Crippen molar-refractivity contribution in [3.8, 4) is 0 Å². The molecule has 1 heterocycles. The Kier molecular flexibility index (Phi) is 3.68. The Labute approximate surface area is 94.4 Å². The zero-order valence-corrected chi connectivity index (χ0v) is 10.5. The van der Waals surface area contributed by atoms with Gasteiger partial charge in [-0.1, -0.05) is 6.92 Å². The van der Waals surface area contributed by atoms with Crippen molar-refractivity contribution in [3.63, 3.8) is 0 Å². The molecule has 2 heteroatoms. The van der Waals surface area contributed by atoms with E-state index in [2.05, 4.69) is 31.0 Å². The van der Waals surface area contributed by atoms with Gasteiger partial charge in [-0.15, -0.1) is 0 Å². The van der Waals surface area contributed by atoms with E-state index in [-0.39, 0.29) is 0 Å². The summed E-state index contributed by atoms with van der Waals surface area (Å²) in [5.41, 5.74) is 0. The smallest absolute Gasteiger partial charge is 0.0221 e. The monoisotopic (exact) mass is 210 g/mol. The lowest BCUT2D eigenvalue weighted by Gasteiger charge is -2.30. The van der Waals surface area contributed by atoms with Crippen molar-refractivity contribution in [2.75, 3.05) is 19.6 Å². The Morgan fingerprint density at radius 1 is 1.20 bits per heavy atom. The van der Waals surface area contributed by atoms with Crippen molar-refractivity contribution >= 4 is 0 Å². The van der Waals surface area contributed by atoms with Crippen LogP contribution in [0, 0.1) is 11.8 Å². The fourth-order valence-electron chi connectivity index (χ4n) is 2.52. The van der Waals surface area contributed by atoms with Gasteiger partial charge < -0.3 is 5.32 Å². The molecule has 2 atom stereocenters. The van der Waals surface area contributed by atoms with Gasteiger partial charge in [-0.25, -0.2) is 0 Å². The van der Waals surface area contributed by atoms with Gasteiger partial charge in [0.05, 0.1) is 0 Å². The molecule has 1 aliphatic carbocycles. The molecule has 1 saturated carbocycles. The summed E-state index contributed by atoms with van der Waals surface area (Å²) >= 11 is 0. The number of nitrogens with one attached hydrogen (secondary N) is 1. The second-order valence-corrected chi connectivity index (χ2v) is 5.82. The third kappa shape index (κ3) is 3.18. The molecule has 0 amide bonds. The molecule has 1 N–H and O–H groups in total. The highest BCUT2D eigenvalue weighted by atomic mass is 15.2. The second-order valence-electron chi connectivity index (χ2n) is 5.82. The molecule has 2 nitrogen and oxygen atoms in total. The van der Waals surface area contributed by atoms with Crippen LogP contribution in [0.3, 0.4) is 0 Å². The lowest BCUT2D eigenvalue weighted by Crippen LogP contribution is -2.44. The number of hydrogen-bond donors (Lipinski definition) is 1. The molecule has 0 aromatic carbocycles. The van der Waals surface area contributed by atoms with E-state index >= 15 is 0 Å². The lowest BCUT2D eigenvalue weighted by molar-refractivity contribution is 0.183. The summed E-state index contributed by atoms with van der Waals surface area (Å²) in [7, 11) is 0. The molecule has 2 unspecified atom stereocenters. The molecule has 1 saturated heterocycles. The molecular weight excluding hydrogens is 184 g/mol. The standard InChI is InChI=1S/C13H26N2/c1-10(2)15(8-12-4-5-12)9-13-11(3)6-7-14-13/h10-14H,4-9H2,1-3H3. The summed E-state index contributed by atoms with van der Waals surface area (Å²) in [5, 5.41) is 3.64. The van der Waals surface area contributed by atoms with Gasteiger partial charge in [0, 0.05) is 25.2 Å². The maximum absolute atomic E-state index is 3.64. The first-order valence-corrected chi connectivity index (χ1v) is 6.64. The zero-order chi connectivity index (χ0) is 10.8. The van der Waals surface area contributed by atoms with Crippen molar-refractivity contribution < 1.29 is 0 Å². The van der Waals surface area contributed by atoms with Crippen LogP contribution in [0.25, 0.3) is 0 Å². The fourth-order valence-corrected chi connectivity index (χ4v) is 2.52. The summed E-state index contributed by atoms with van der Waals surface area (Å²) in [6.45, 7) is 10.9. The van der Waals surface area contributed by atoms with Crippen LogP contribution in [-0.4, -0.2) is 36.6 Å². The van der Waals surface area contributed by atoms with Crippen LogP contribution >= 0.6 is 0 Å². The molecule has 15 heavy (non-hydrogen) atoms. The molecule has 0 aromatic heterocycles. The van der Waals surface area contributed by atoms with E-state index in [0.717, 1.165) is 17.9 Å². The van der Waals surface area contributed by atoms with Crippen LogP contribution in [0.15, 0.2) is 0 Å². The van der Waals surface area contributed by atoms with Gasteiger partial charge in [0.15, 0.2) is 0 Å². The molecule has 2 fully saturated rings. The SMILES string of the molecule is CC1CCNC1CN(CC1CC1)C(C)C. The van der Waals surface area contributed by atoms with Gasteiger partial charge in [-0.2, -0.15) is 0 Å². The molecule has 0 radical (unpaired) electrons. The van der Waals surface area contributed by atoms with E-state index in [1.165, 1.54) is 38.9 Å². The maximum Gasteiger partial charge on any atom is 0.0221 e. The van der Waals surface area contributed by atoms with Crippen LogP contribution in [0.2, 0.25) is 0 Å². The van der Waals surface area contributed by atoms with Crippen molar-refractivity contribution in [1.82, 2.24) is 10.2 Å². The zero-order valence-electron chi connectivity index (χ0n) is 10.5. The Morgan fingerprint density at radius 3 is 2.40 bits per heavy atom. The number of hydrogen-bond acceptors (Lipinski definition) is 2. The highest BCUT2D eigenvalue weighted by molar-refractivity contribution is 4.86. The molecule has 2 rings (SSSR count). The fraction of sp³-hybridized carbons (Fsp3) is 1.00. The van der Waals surface area contributed by atoms with Gasteiger partial charge in [0.1, 0.15) is 0 Å². The topological polar surface area (TPSA) is 15.3 Å². The molecule has 2 aliphatic rings. The molecule has 0 spiro atoms. The summed E-state index contributed by atoms with van der Waals surface area (Å²) in [5.74, 6) is 1.88. The highest BCUT2D eigenvalue weighted by Crippen LogP contribution is 2.30. The normalized spacial score (nSPS) is 31.8. The van der Waals surface area contributed by atoms with Crippen LogP contribution in [0.1, 0.15) is 40.0 Å². The van der Waals surface area contributed by atoms with E-state index in [9.17, 15) is 0 Å². The van der Waals surface area contributed by atoms with E-state index < -0.39 is 0 Å². The minimum Gasteiger partial charge on any atom is -0.312 e. The molecule has 0 bridgehead atoms. The van der Waals surface area contributed by atoms with Crippen molar-refractivity contribution in [2.24, 2.45) is 11.8 Å². The quantitative estimate of drug-likeness (QED) is 0.747. The Bertz CT molecular complexity index is 199. The van der Waals surface area contributed by atoms with Gasteiger partial charge in [-0.05, 0) is 51.5 Å². The third-order valence-corrected chi connectivity index (χ3v) is 4.04. The van der Waals surface area contributed by atoms with Gasteiger partial charge in [-0.3, -0.25) is 4.90 Å². The van der Waals surface area contributed by atoms with Crippen LogP contribution < -0.4 is 5.32 Å². The van der Waals surface area contributed by atoms with E-state index in [0.29, 0.717) is 6.04 Å². The molecule has 1 aliphatic heterocycles. The average Bonchev–Trinajstić information content (AvgIpc) is 2.90. The lowest BCUT2D eigenvalue weighted by atomic mass is 10.0. The van der Waals surface area contributed by atoms with E-state index in [4.69, 9.17) is 0 Å². The predicted octanol–water partition coefficient (Wildman–Crippen LogP) is 2.10. The van der Waals surface area contributed by atoms with Crippen LogP contribution in [0.4, 0.5) is 0 Å². The second kappa shape index (κ2) is 4.84. The summed E-state index contributed by atoms with van der Waals surface area (Å²) in [4.78, 5) is 2.68. The number of nitrogens with zero attached hydrogens (tertiary/aromatic N) is 1. The van der Waals surface area contributed by atoms with Crippen molar-refractivity contribution in [2.45, 2.75) is 52.1 Å². The molecular formula is C13H26N2. The highest BCUT2D eigenvalue weighted by Gasteiger charge is 2.29. The summed E-state index contributed by atoms with van der Waals surface area (Å²) in [6.07, 6.45) is 4.30. The first-order chi connectivity index (χ1) is 7.16.